The highest BCUT2D eigenvalue weighted by Crippen LogP contribution is 2.40. The average molecular weight is 370 g/mol. The van der Waals surface area contributed by atoms with E-state index in [0.29, 0.717) is 6.54 Å². The third kappa shape index (κ3) is 3.63. The number of hydrogen-bond donors (Lipinski definition) is 0. The van der Waals surface area contributed by atoms with Gasteiger partial charge in [-0.2, -0.15) is 0 Å². The lowest BCUT2D eigenvalue weighted by Crippen LogP contribution is -2.49. The van der Waals surface area contributed by atoms with Crippen molar-refractivity contribution in [3.63, 3.8) is 0 Å². The zero-order valence-electron chi connectivity index (χ0n) is 15.9. The number of aromatic nitrogens is 2. The lowest BCUT2D eigenvalue weighted by atomic mass is 9.78. The van der Waals surface area contributed by atoms with Gasteiger partial charge in [-0.15, -0.1) is 0 Å². The number of likely N-dealkylation sites (tertiary alicyclic amines) is 2. The van der Waals surface area contributed by atoms with Crippen molar-refractivity contribution in [2.75, 3.05) is 19.6 Å². The van der Waals surface area contributed by atoms with Gasteiger partial charge in [-0.25, -0.2) is 9.37 Å². The number of carbonyl (C=O) groups is 1. The molecule has 6 heteroatoms. The van der Waals surface area contributed by atoms with Crippen LogP contribution in [-0.4, -0.2) is 44.9 Å². The van der Waals surface area contributed by atoms with Gasteiger partial charge in [-0.1, -0.05) is 12.1 Å². The van der Waals surface area contributed by atoms with Gasteiger partial charge in [0.05, 0.1) is 12.0 Å². The van der Waals surface area contributed by atoms with Gasteiger partial charge >= 0.3 is 0 Å². The second-order valence-electron chi connectivity index (χ2n) is 7.83. The molecule has 3 heterocycles. The van der Waals surface area contributed by atoms with Crippen molar-refractivity contribution < 1.29 is 9.18 Å². The summed E-state index contributed by atoms with van der Waals surface area (Å²) in [5.74, 6) is 1.09. The molecule has 0 unspecified atom stereocenters. The molecule has 0 saturated carbocycles. The molecule has 1 aromatic heterocycles. The molecule has 1 atom stereocenters. The van der Waals surface area contributed by atoms with Crippen molar-refractivity contribution in [3.05, 3.63) is 53.9 Å². The van der Waals surface area contributed by atoms with Gasteiger partial charge in [-0.3, -0.25) is 9.69 Å². The highest BCUT2D eigenvalue weighted by Gasteiger charge is 2.48. The number of imidazole rings is 1. The zero-order valence-corrected chi connectivity index (χ0v) is 15.9. The number of piperidine rings is 1. The highest BCUT2D eigenvalue weighted by atomic mass is 19.1. The fourth-order valence-electron chi connectivity index (χ4n) is 4.56. The van der Waals surface area contributed by atoms with Crippen LogP contribution in [0, 0.1) is 11.2 Å². The van der Waals surface area contributed by atoms with Crippen molar-refractivity contribution in [2.24, 2.45) is 5.41 Å². The van der Waals surface area contributed by atoms with Gasteiger partial charge in [-0.05, 0) is 50.4 Å². The predicted molar refractivity (Wildman–Crippen MR) is 101 cm³/mol. The Hall–Kier alpha value is -2.21. The lowest BCUT2D eigenvalue weighted by Gasteiger charge is -2.39. The van der Waals surface area contributed by atoms with E-state index in [9.17, 15) is 9.18 Å². The number of hydrogen-bond acceptors (Lipinski definition) is 3. The van der Waals surface area contributed by atoms with Crippen LogP contribution in [0.3, 0.4) is 0 Å². The zero-order chi connectivity index (χ0) is 18.9. The number of amides is 1. The minimum atomic E-state index is -0.262. The van der Waals surface area contributed by atoms with E-state index >= 15 is 0 Å². The van der Waals surface area contributed by atoms with Gasteiger partial charge in [0.15, 0.2) is 0 Å². The Balaban J connectivity index is 1.43. The SMILES string of the molecule is CCn1ccnc1CN1CC[C@@]2(CCCN(Cc3ccc(F)cc3)C2=O)C1. The number of rotatable bonds is 5. The van der Waals surface area contributed by atoms with Gasteiger partial charge in [0.2, 0.25) is 5.91 Å². The van der Waals surface area contributed by atoms with E-state index in [1.807, 2.05) is 17.3 Å². The Morgan fingerprint density at radius 3 is 2.74 bits per heavy atom. The Morgan fingerprint density at radius 2 is 1.96 bits per heavy atom. The molecule has 4 rings (SSSR count). The Morgan fingerprint density at radius 1 is 1.15 bits per heavy atom. The number of halogens is 1. The summed E-state index contributed by atoms with van der Waals surface area (Å²) in [7, 11) is 0. The molecule has 1 aromatic carbocycles. The van der Waals surface area contributed by atoms with Crippen LogP contribution >= 0.6 is 0 Å². The van der Waals surface area contributed by atoms with Gasteiger partial charge in [0.1, 0.15) is 11.6 Å². The molecule has 2 aromatic rings. The molecule has 0 aliphatic carbocycles. The summed E-state index contributed by atoms with van der Waals surface area (Å²) in [5, 5.41) is 0. The molecular weight excluding hydrogens is 343 g/mol. The fraction of sp³-hybridized carbons (Fsp3) is 0.524. The number of benzene rings is 1. The molecule has 2 aliphatic rings. The van der Waals surface area contributed by atoms with E-state index in [2.05, 4.69) is 21.4 Å². The van der Waals surface area contributed by atoms with Gasteiger partial charge < -0.3 is 9.47 Å². The number of carbonyl (C=O) groups excluding carboxylic acids is 1. The number of aryl methyl sites for hydroxylation is 1. The summed E-state index contributed by atoms with van der Waals surface area (Å²) in [6.45, 7) is 6.94. The van der Waals surface area contributed by atoms with E-state index in [4.69, 9.17) is 0 Å². The second-order valence-corrected chi connectivity index (χ2v) is 7.83. The third-order valence-electron chi connectivity index (χ3n) is 6.05. The fourth-order valence-corrected chi connectivity index (χ4v) is 4.56. The summed E-state index contributed by atoms with van der Waals surface area (Å²) in [4.78, 5) is 22.1. The van der Waals surface area contributed by atoms with Crippen LogP contribution in [0.5, 0.6) is 0 Å². The van der Waals surface area contributed by atoms with Crippen LogP contribution in [0.15, 0.2) is 36.7 Å². The molecule has 0 bridgehead atoms. The standard InChI is InChI=1S/C21H27FN4O/c1-2-25-13-10-23-19(25)15-24-12-9-21(16-24)8-3-11-26(20(21)27)14-17-4-6-18(22)7-5-17/h4-7,10,13H,2-3,8-9,11-12,14-16H2,1H3/t21-/m0/s1. The number of nitrogens with zero attached hydrogens (tertiary/aromatic N) is 4. The van der Waals surface area contributed by atoms with Crippen molar-refractivity contribution in [1.29, 1.82) is 0 Å². The van der Waals surface area contributed by atoms with Crippen LogP contribution < -0.4 is 0 Å². The predicted octanol–water partition coefficient (Wildman–Crippen LogP) is 3.06. The summed E-state index contributed by atoms with van der Waals surface area (Å²) >= 11 is 0. The Kier molecular flexibility index (Phi) is 5.00. The van der Waals surface area contributed by atoms with Crippen LogP contribution in [0.2, 0.25) is 0 Å². The van der Waals surface area contributed by atoms with Gasteiger partial charge in [0.25, 0.3) is 0 Å². The Labute approximate surface area is 159 Å². The molecule has 1 amide bonds. The van der Waals surface area contributed by atoms with E-state index in [1.54, 1.807) is 12.1 Å². The normalized spacial score (nSPS) is 23.5. The van der Waals surface area contributed by atoms with E-state index in [1.165, 1.54) is 12.1 Å². The lowest BCUT2D eigenvalue weighted by molar-refractivity contribution is -0.146. The molecule has 2 saturated heterocycles. The van der Waals surface area contributed by atoms with Crippen LogP contribution in [0.4, 0.5) is 4.39 Å². The van der Waals surface area contributed by atoms with E-state index < -0.39 is 0 Å². The maximum Gasteiger partial charge on any atom is 0.230 e. The van der Waals surface area contributed by atoms with Crippen molar-refractivity contribution in [2.45, 2.75) is 45.8 Å². The first-order valence-electron chi connectivity index (χ1n) is 9.86. The summed E-state index contributed by atoms with van der Waals surface area (Å²) in [6.07, 6.45) is 6.77. The molecule has 5 nitrogen and oxygen atoms in total. The molecule has 0 radical (unpaired) electrons. The third-order valence-corrected chi connectivity index (χ3v) is 6.05. The minimum Gasteiger partial charge on any atom is -0.338 e. The van der Waals surface area contributed by atoms with Crippen molar-refractivity contribution >= 4 is 5.91 Å². The molecule has 2 aliphatic heterocycles. The van der Waals surface area contributed by atoms with Crippen LogP contribution in [0.1, 0.15) is 37.6 Å². The first-order chi connectivity index (χ1) is 13.1. The highest BCUT2D eigenvalue weighted by molar-refractivity contribution is 5.84. The Bertz CT molecular complexity index is 803. The summed E-state index contributed by atoms with van der Waals surface area (Å²) < 4.78 is 15.3. The minimum absolute atomic E-state index is 0.239. The first-order valence-corrected chi connectivity index (χ1v) is 9.86. The van der Waals surface area contributed by atoms with E-state index in [-0.39, 0.29) is 17.1 Å². The molecule has 27 heavy (non-hydrogen) atoms. The van der Waals surface area contributed by atoms with Crippen LogP contribution in [-0.2, 0) is 24.4 Å². The average Bonchev–Trinajstić information content (AvgIpc) is 3.29. The van der Waals surface area contributed by atoms with Crippen LogP contribution in [0.25, 0.3) is 0 Å². The van der Waals surface area contributed by atoms with Crippen molar-refractivity contribution in [3.8, 4) is 0 Å². The molecule has 0 N–H and O–H groups in total. The maximum absolute atomic E-state index is 13.3. The molecule has 144 valence electrons. The first kappa shape index (κ1) is 18.2. The quantitative estimate of drug-likeness (QED) is 0.812. The molecular formula is C21H27FN4O. The van der Waals surface area contributed by atoms with Gasteiger partial charge in [0, 0.05) is 38.6 Å². The second kappa shape index (κ2) is 7.43. The maximum atomic E-state index is 13.3. The van der Waals surface area contributed by atoms with E-state index in [0.717, 1.165) is 63.4 Å². The summed E-state index contributed by atoms with van der Waals surface area (Å²) in [5.41, 5.74) is 0.726. The monoisotopic (exact) mass is 370 g/mol. The topological polar surface area (TPSA) is 41.4 Å². The molecule has 1 spiro atoms. The van der Waals surface area contributed by atoms with Crippen molar-refractivity contribution in [1.82, 2.24) is 19.4 Å². The summed E-state index contributed by atoms with van der Waals surface area (Å²) in [6, 6.07) is 6.48. The largest absolute Gasteiger partial charge is 0.338 e. The smallest absolute Gasteiger partial charge is 0.230 e. The molecule has 2 fully saturated rings.